The van der Waals surface area contributed by atoms with Crippen molar-refractivity contribution >= 4 is 46.2 Å². The van der Waals surface area contributed by atoms with E-state index in [-0.39, 0.29) is 5.91 Å². The van der Waals surface area contributed by atoms with Crippen molar-refractivity contribution in [1.82, 2.24) is 9.97 Å². The normalized spacial score (nSPS) is 10.6. The molecule has 0 aliphatic carbocycles. The summed E-state index contributed by atoms with van der Waals surface area (Å²) in [6, 6.07) is 9.37. The Balaban J connectivity index is 1.74. The molecule has 0 saturated carbocycles. The lowest BCUT2D eigenvalue weighted by atomic mass is 10.1. The third-order valence-electron chi connectivity index (χ3n) is 3.47. The van der Waals surface area contributed by atoms with Gasteiger partial charge in [0.1, 0.15) is 4.64 Å². The molecule has 0 aliphatic heterocycles. The fourth-order valence-corrected chi connectivity index (χ4v) is 3.50. The summed E-state index contributed by atoms with van der Waals surface area (Å²) in [4.78, 5) is 20.4. The minimum Gasteiger partial charge on any atom is -0.352 e. The predicted octanol–water partition coefficient (Wildman–Crippen LogP) is 5.01. The number of aromatic amines is 1. The molecule has 0 bridgehead atoms. The monoisotopic (exact) mass is 375 g/mol. The van der Waals surface area contributed by atoms with Crippen LogP contribution in [0.15, 0.2) is 42.7 Å². The molecule has 0 fully saturated rings. The van der Waals surface area contributed by atoms with Gasteiger partial charge in [-0.1, -0.05) is 42.0 Å². The Labute approximate surface area is 153 Å². The number of anilines is 1. The van der Waals surface area contributed by atoms with Crippen LogP contribution in [0.5, 0.6) is 0 Å². The van der Waals surface area contributed by atoms with Crippen LogP contribution in [-0.4, -0.2) is 15.9 Å². The first-order valence-electron chi connectivity index (χ1n) is 7.22. The Morgan fingerprint density at radius 3 is 3.00 bits per heavy atom. The fraction of sp³-hybridized carbons (Fsp3) is 0.118. The van der Waals surface area contributed by atoms with Crippen molar-refractivity contribution in [2.45, 2.75) is 13.3 Å². The van der Waals surface area contributed by atoms with E-state index < -0.39 is 0 Å². The molecule has 0 unspecified atom stereocenters. The maximum atomic E-state index is 12.2. The standard InChI is InChI=1S/C17H14ClN3OS2/c1-10-4-2-5-11(14(10)18)8-12-9-20-17(24-12)21-15(22)13-6-3-7-19-16(13)23/h2-7,9H,8H2,1H3,(H,19,23)(H,20,21,22). The van der Waals surface area contributed by atoms with E-state index in [9.17, 15) is 4.79 Å². The number of carbonyl (C=O) groups is 1. The number of hydrogen-bond donors (Lipinski definition) is 2. The second-order valence-electron chi connectivity index (χ2n) is 5.22. The molecular formula is C17H14ClN3OS2. The highest BCUT2D eigenvalue weighted by Gasteiger charge is 2.12. The fourth-order valence-electron chi connectivity index (χ4n) is 2.24. The summed E-state index contributed by atoms with van der Waals surface area (Å²) < 4.78 is 0.401. The molecule has 1 aromatic carbocycles. The smallest absolute Gasteiger partial charge is 0.260 e. The number of nitrogens with one attached hydrogen (secondary N) is 2. The van der Waals surface area contributed by atoms with Gasteiger partial charge in [0.15, 0.2) is 5.13 Å². The molecule has 1 amide bonds. The SMILES string of the molecule is Cc1cccc(Cc2cnc(NC(=O)c3ccc[nH]c3=S)s2)c1Cl. The molecule has 3 aromatic rings. The van der Waals surface area contributed by atoms with E-state index in [1.54, 1.807) is 24.5 Å². The van der Waals surface area contributed by atoms with Crippen molar-refractivity contribution in [2.24, 2.45) is 0 Å². The quantitative estimate of drug-likeness (QED) is 0.630. The van der Waals surface area contributed by atoms with Gasteiger partial charge in [0.2, 0.25) is 0 Å². The zero-order valence-corrected chi connectivity index (χ0v) is 15.2. The highest BCUT2D eigenvalue weighted by atomic mass is 35.5. The van der Waals surface area contributed by atoms with Gasteiger partial charge in [0, 0.05) is 28.7 Å². The number of aryl methyl sites for hydroxylation is 1. The summed E-state index contributed by atoms with van der Waals surface area (Å²) in [5.41, 5.74) is 2.51. The Kier molecular flexibility index (Phi) is 5.08. The molecule has 0 radical (unpaired) electrons. The van der Waals surface area contributed by atoms with E-state index in [2.05, 4.69) is 15.3 Å². The number of hydrogen-bond acceptors (Lipinski definition) is 4. The Bertz CT molecular complexity index is 949. The van der Waals surface area contributed by atoms with Crippen molar-refractivity contribution in [2.75, 3.05) is 5.32 Å². The summed E-state index contributed by atoms with van der Waals surface area (Å²) >= 11 is 12.9. The molecule has 3 rings (SSSR count). The van der Waals surface area contributed by atoms with Gasteiger partial charge < -0.3 is 4.98 Å². The molecule has 0 spiro atoms. The maximum absolute atomic E-state index is 12.2. The predicted molar refractivity (Wildman–Crippen MR) is 101 cm³/mol. The highest BCUT2D eigenvalue weighted by Crippen LogP contribution is 2.27. The first-order valence-corrected chi connectivity index (χ1v) is 8.82. The Morgan fingerprint density at radius 1 is 1.38 bits per heavy atom. The largest absolute Gasteiger partial charge is 0.352 e. The van der Waals surface area contributed by atoms with Gasteiger partial charge in [-0.15, -0.1) is 11.3 Å². The second kappa shape index (κ2) is 7.25. The molecule has 0 aliphatic rings. The molecule has 0 atom stereocenters. The van der Waals surface area contributed by atoms with Gasteiger partial charge in [-0.25, -0.2) is 4.98 Å². The molecule has 2 aromatic heterocycles. The van der Waals surface area contributed by atoms with Crippen molar-refractivity contribution < 1.29 is 4.79 Å². The first kappa shape index (κ1) is 16.8. The van der Waals surface area contributed by atoms with Crippen LogP contribution in [0.3, 0.4) is 0 Å². The third-order valence-corrected chi connectivity index (χ3v) is 5.26. The number of H-pyrrole nitrogens is 1. The molecule has 24 heavy (non-hydrogen) atoms. The summed E-state index contributed by atoms with van der Waals surface area (Å²) in [6.45, 7) is 1.98. The van der Waals surface area contributed by atoms with Gasteiger partial charge in [-0.3, -0.25) is 10.1 Å². The van der Waals surface area contributed by atoms with E-state index in [1.165, 1.54) is 11.3 Å². The second-order valence-corrected chi connectivity index (χ2v) is 7.12. The van der Waals surface area contributed by atoms with E-state index in [0.717, 1.165) is 21.0 Å². The van der Waals surface area contributed by atoms with Crippen molar-refractivity contribution in [1.29, 1.82) is 0 Å². The van der Waals surface area contributed by atoms with E-state index >= 15 is 0 Å². The maximum Gasteiger partial charge on any atom is 0.260 e. The lowest BCUT2D eigenvalue weighted by Gasteiger charge is -2.04. The molecule has 2 N–H and O–H groups in total. The summed E-state index contributed by atoms with van der Waals surface area (Å²) in [7, 11) is 0. The average molecular weight is 376 g/mol. The number of benzene rings is 1. The van der Waals surface area contributed by atoms with Crippen molar-refractivity contribution in [3.63, 3.8) is 0 Å². The number of halogens is 1. The van der Waals surface area contributed by atoms with Crippen LogP contribution in [0.1, 0.15) is 26.4 Å². The first-order chi connectivity index (χ1) is 11.5. The molecule has 122 valence electrons. The van der Waals surface area contributed by atoms with Gasteiger partial charge in [-0.05, 0) is 30.2 Å². The lowest BCUT2D eigenvalue weighted by molar-refractivity contribution is 0.102. The molecule has 2 heterocycles. The van der Waals surface area contributed by atoms with Gasteiger partial charge >= 0.3 is 0 Å². The number of amides is 1. The summed E-state index contributed by atoms with van der Waals surface area (Å²) in [5.74, 6) is -0.272. The third kappa shape index (κ3) is 3.72. The topological polar surface area (TPSA) is 57.8 Å². The number of nitrogens with zero attached hydrogens (tertiary/aromatic N) is 1. The van der Waals surface area contributed by atoms with E-state index in [0.29, 0.717) is 21.8 Å². The zero-order valence-electron chi connectivity index (χ0n) is 12.8. The van der Waals surface area contributed by atoms with Crippen LogP contribution >= 0.6 is 35.2 Å². The van der Waals surface area contributed by atoms with Crippen LogP contribution in [0.2, 0.25) is 5.02 Å². The minimum absolute atomic E-state index is 0.272. The van der Waals surface area contributed by atoms with Gasteiger partial charge in [0.25, 0.3) is 5.91 Å². The number of pyridine rings is 1. The van der Waals surface area contributed by atoms with Crippen LogP contribution in [0.4, 0.5) is 5.13 Å². The minimum atomic E-state index is -0.272. The van der Waals surface area contributed by atoms with Crippen LogP contribution in [-0.2, 0) is 6.42 Å². The Morgan fingerprint density at radius 2 is 2.21 bits per heavy atom. The zero-order chi connectivity index (χ0) is 17.1. The van der Waals surface area contributed by atoms with Crippen molar-refractivity contribution in [3.05, 3.63) is 74.0 Å². The summed E-state index contributed by atoms with van der Waals surface area (Å²) in [5, 5.41) is 4.09. The molecule has 7 heteroatoms. The van der Waals surface area contributed by atoms with E-state index in [1.807, 2.05) is 25.1 Å². The number of aromatic nitrogens is 2. The van der Waals surface area contributed by atoms with Crippen LogP contribution < -0.4 is 5.32 Å². The molecule has 4 nitrogen and oxygen atoms in total. The Hall–Kier alpha value is -2.02. The van der Waals surface area contributed by atoms with E-state index in [4.69, 9.17) is 23.8 Å². The number of thiazole rings is 1. The average Bonchev–Trinajstić information content (AvgIpc) is 2.99. The van der Waals surface area contributed by atoms with Crippen LogP contribution in [0, 0.1) is 11.6 Å². The molecular weight excluding hydrogens is 362 g/mol. The van der Waals surface area contributed by atoms with Crippen LogP contribution in [0.25, 0.3) is 0 Å². The van der Waals surface area contributed by atoms with Gasteiger partial charge in [0.05, 0.1) is 5.56 Å². The molecule has 0 saturated heterocycles. The lowest BCUT2D eigenvalue weighted by Crippen LogP contribution is -2.12. The number of rotatable bonds is 4. The van der Waals surface area contributed by atoms with Gasteiger partial charge in [-0.2, -0.15) is 0 Å². The summed E-state index contributed by atoms with van der Waals surface area (Å²) in [6.07, 6.45) is 4.12. The highest BCUT2D eigenvalue weighted by molar-refractivity contribution is 7.71. The number of carbonyl (C=O) groups excluding carboxylic acids is 1. The van der Waals surface area contributed by atoms with Crippen molar-refractivity contribution in [3.8, 4) is 0 Å².